The lowest BCUT2D eigenvalue weighted by atomic mass is 9.94. The number of aryl methyl sites for hydroxylation is 1. The molecule has 2 aromatic carbocycles. The van der Waals surface area contributed by atoms with Gasteiger partial charge in [0.25, 0.3) is 0 Å². The molecule has 4 nitrogen and oxygen atoms in total. The smallest absolute Gasteiger partial charge is 0.306 e. The number of likely N-dealkylation sites (N-methyl/N-ethyl adjacent to an activating group) is 1. The highest BCUT2D eigenvalue weighted by Crippen LogP contribution is 2.34. The van der Waals surface area contributed by atoms with Crippen molar-refractivity contribution in [1.29, 1.82) is 0 Å². The van der Waals surface area contributed by atoms with Crippen LogP contribution in [0.15, 0.2) is 36.4 Å². The van der Waals surface area contributed by atoms with Crippen LogP contribution in [0.25, 0.3) is 10.9 Å². The third-order valence-corrected chi connectivity index (χ3v) is 6.36. The van der Waals surface area contributed by atoms with Crippen molar-refractivity contribution in [2.45, 2.75) is 38.6 Å². The highest BCUT2D eigenvalue weighted by atomic mass is 19.1. The number of hydrogen-bond acceptors (Lipinski definition) is 3. The van der Waals surface area contributed by atoms with Gasteiger partial charge in [0.1, 0.15) is 11.6 Å². The molecule has 1 aliphatic heterocycles. The van der Waals surface area contributed by atoms with E-state index in [-0.39, 0.29) is 6.42 Å². The number of hydrogen-bond donors (Lipinski definition) is 0. The minimum atomic E-state index is -0.632. The van der Waals surface area contributed by atoms with E-state index < -0.39 is 23.5 Å². The molecule has 0 N–H and O–H groups in total. The van der Waals surface area contributed by atoms with Crippen LogP contribution in [-0.2, 0) is 28.9 Å². The molecule has 0 saturated heterocycles. The molecule has 1 unspecified atom stereocenters. The monoisotopic (exact) mass is 426 g/mol. The number of aromatic nitrogens is 1. The van der Waals surface area contributed by atoms with Crippen molar-refractivity contribution in [3.63, 3.8) is 0 Å². The zero-order valence-electron chi connectivity index (χ0n) is 18.3. The fourth-order valence-electron chi connectivity index (χ4n) is 4.69. The van der Waals surface area contributed by atoms with Gasteiger partial charge < -0.3 is 14.2 Å². The van der Waals surface area contributed by atoms with Gasteiger partial charge in [-0.15, -0.1) is 0 Å². The molecule has 6 heteroatoms. The van der Waals surface area contributed by atoms with Crippen LogP contribution >= 0.6 is 0 Å². The highest BCUT2D eigenvalue weighted by molar-refractivity contribution is 5.86. The van der Waals surface area contributed by atoms with E-state index in [0.717, 1.165) is 37.5 Å². The third kappa shape index (κ3) is 4.35. The molecule has 31 heavy (non-hydrogen) atoms. The molecule has 3 aromatic rings. The number of methoxy groups -OCH3 is 1. The average Bonchev–Trinajstić information content (AvgIpc) is 2.87. The van der Waals surface area contributed by atoms with Crippen molar-refractivity contribution in [2.75, 3.05) is 27.2 Å². The topological polar surface area (TPSA) is 34.5 Å². The Labute approximate surface area is 181 Å². The Morgan fingerprint density at radius 3 is 2.65 bits per heavy atom. The normalized spacial score (nSPS) is 15.5. The largest absolute Gasteiger partial charge is 0.469 e. The Balaban J connectivity index is 1.83. The molecule has 0 amide bonds. The van der Waals surface area contributed by atoms with Crippen LogP contribution in [0.3, 0.4) is 0 Å². The number of nitrogens with zero attached hydrogens (tertiary/aromatic N) is 2. The molecular weight excluding hydrogens is 398 g/mol. The maximum Gasteiger partial charge on any atom is 0.306 e. The van der Waals surface area contributed by atoms with Crippen molar-refractivity contribution >= 4 is 16.9 Å². The van der Waals surface area contributed by atoms with Crippen LogP contribution in [0.4, 0.5) is 8.78 Å². The van der Waals surface area contributed by atoms with Crippen LogP contribution in [0.5, 0.6) is 0 Å². The summed E-state index contributed by atoms with van der Waals surface area (Å²) in [6.07, 6.45) is 1.86. The number of benzene rings is 2. The van der Waals surface area contributed by atoms with E-state index >= 15 is 0 Å². The predicted octanol–water partition coefficient (Wildman–Crippen LogP) is 4.61. The number of rotatable bonds is 5. The maximum absolute atomic E-state index is 14.7. The van der Waals surface area contributed by atoms with E-state index in [1.807, 2.05) is 0 Å². The molecule has 0 aliphatic carbocycles. The second kappa shape index (κ2) is 8.79. The van der Waals surface area contributed by atoms with Crippen molar-refractivity contribution < 1.29 is 18.3 Å². The van der Waals surface area contributed by atoms with Crippen molar-refractivity contribution in [1.82, 2.24) is 9.47 Å². The Morgan fingerprint density at radius 2 is 1.90 bits per heavy atom. The van der Waals surface area contributed by atoms with Gasteiger partial charge >= 0.3 is 5.97 Å². The molecule has 1 aromatic heterocycles. The molecule has 0 radical (unpaired) electrons. The molecule has 0 bridgehead atoms. The highest BCUT2D eigenvalue weighted by Gasteiger charge is 2.26. The Morgan fingerprint density at radius 1 is 1.13 bits per heavy atom. The van der Waals surface area contributed by atoms with E-state index in [0.29, 0.717) is 12.1 Å². The lowest BCUT2D eigenvalue weighted by molar-refractivity contribution is -0.141. The van der Waals surface area contributed by atoms with Crippen LogP contribution < -0.4 is 0 Å². The minimum absolute atomic E-state index is 0.0270. The lowest BCUT2D eigenvalue weighted by Crippen LogP contribution is -2.22. The molecular formula is C25H28F2N2O2. The van der Waals surface area contributed by atoms with Crippen LogP contribution in [0, 0.1) is 18.6 Å². The summed E-state index contributed by atoms with van der Waals surface area (Å²) in [6.45, 7) is 4.43. The molecule has 1 atom stereocenters. The van der Waals surface area contributed by atoms with Crippen molar-refractivity contribution in [3.05, 3.63) is 70.4 Å². The molecule has 0 saturated carbocycles. The van der Waals surface area contributed by atoms with E-state index in [1.165, 1.54) is 41.4 Å². The minimum Gasteiger partial charge on any atom is -0.469 e. The summed E-state index contributed by atoms with van der Waals surface area (Å²) in [6, 6.07) is 9.98. The second-order valence-electron chi connectivity index (χ2n) is 8.50. The summed E-state index contributed by atoms with van der Waals surface area (Å²) in [5.74, 6) is -2.13. The maximum atomic E-state index is 14.7. The van der Waals surface area contributed by atoms with Gasteiger partial charge in [-0.25, -0.2) is 8.78 Å². The first-order chi connectivity index (χ1) is 14.9. The Kier molecular flexibility index (Phi) is 6.10. The molecule has 0 spiro atoms. The fourth-order valence-corrected chi connectivity index (χ4v) is 4.69. The molecule has 1 aliphatic rings. The zero-order valence-corrected chi connectivity index (χ0v) is 18.3. The van der Waals surface area contributed by atoms with E-state index in [4.69, 9.17) is 4.74 Å². The Hall–Kier alpha value is -2.73. The SMILES string of the molecule is COC(=O)CC(Cn1c2c(c3cc(C)ccc31)CCN(C)CC2)c1ccc(F)cc1F. The second-order valence-corrected chi connectivity index (χ2v) is 8.50. The van der Waals surface area contributed by atoms with Crippen LogP contribution in [0.1, 0.15) is 34.7 Å². The average molecular weight is 427 g/mol. The summed E-state index contributed by atoms with van der Waals surface area (Å²) in [7, 11) is 3.45. The quantitative estimate of drug-likeness (QED) is 0.559. The van der Waals surface area contributed by atoms with E-state index in [2.05, 4.69) is 41.6 Å². The zero-order chi connectivity index (χ0) is 22.1. The number of carbonyl (C=O) groups excluding carboxylic acids is 1. The number of fused-ring (bicyclic) bond motifs is 3. The van der Waals surface area contributed by atoms with Gasteiger partial charge in [0.05, 0.1) is 13.5 Å². The standard InChI is InChI=1S/C25H28F2N2O2/c1-16-4-7-23-21(12-16)20-8-10-28(2)11-9-24(20)29(23)15-17(13-25(30)31-3)19-6-5-18(26)14-22(19)27/h4-7,12,14,17H,8-11,13,15H2,1-3H3. The summed E-state index contributed by atoms with van der Waals surface area (Å²) >= 11 is 0. The number of esters is 1. The summed E-state index contributed by atoms with van der Waals surface area (Å²) in [5.41, 5.74) is 5.19. The first-order valence-electron chi connectivity index (χ1n) is 10.7. The van der Waals surface area contributed by atoms with Gasteiger partial charge in [0, 0.05) is 54.6 Å². The summed E-state index contributed by atoms with van der Waals surface area (Å²) in [5, 5.41) is 1.22. The molecule has 2 heterocycles. The first-order valence-corrected chi connectivity index (χ1v) is 10.7. The number of ether oxygens (including phenoxy) is 1. The lowest BCUT2D eigenvalue weighted by Gasteiger charge is -2.21. The van der Waals surface area contributed by atoms with Gasteiger partial charge in [-0.1, -0.05) is 17.7 Å². The van der Waals surface area contributed by atoms with Gasteiger partial charge in [-0.3, -0.25) is 4.79 Å². The summed E-state index contributed by atoms with van der Waals surface area (Å²) < 4.78 is 35.3. The molecule has 0 fully saturated rings. The van der Waals surface area contributed by atoms with Crippen molar-refractivity contribution in [2.24, 2.45) is 0 Å². The van der Waals surface area contributed by atoms with Gasteiger partial charge in [-0.2, -0.15) is 0 Å². The third-order valence-electron chi connectivity index (χ3n) is 6.36. The Bertz CT molecular complexity index is 1120. The number of carbonyl (C=O) groups is 1. The van der Waals surface area contributed by atoms with Gasteiger partial charge in [0.15, 0.2) is 0 Å². The fraction of sp³-hybridized carbons (Fsp3) is 0.400. The van der Waals surface area contributed by atoms with E-state index in [1.54, 1.807) is 0 Å². The summed E-state index contributed by atoms with van der Waals surface area (Å²) in [4.78, 5) is 14.5. The van der Waals surface area contributed by atoms with Crippen LogP contribution in [-0.4, -0.2) is 42.7 Å². The van der Waals surface area contributed by atoms with Crippen LogP contribution in [0.2, 0.25) is 0 Å². The van der Waals surface area contributed by atoms with Crippen molar-refractivity contribution in [3.8, 4) is 0 Å². The predicted molar refractivity (Wildman–Crippen MR) is 117 cm³/mol. The van der Waals surface area contributed by atoms with Gasteiger partial charge in [-0.05, 0) is 49.7 Å². The number of halogens is 2. The first kappa shape index (κ1) is 21.5. The van der Waals surface area contributed by atoms with E-state index in [9.17, 15) is 13.6 Å². The van der Waals surface area contributed by atoms with Gasteiger partial charge in [0.2, 0.25) is 0 Å². The molecule has 4 rings (SSSR count). The molecule has 164 valence electrons.